The highest BCUT2D eigenvalue weighted by Gasteiger charge is 2.35. The topological polar surface area (TPSA) is 101 Å². The zero-order valence-electron chi connectivity index (χ0n) is 19.3. The summed E-state index contributed by atoms with van der Waals surface area (Å²) in [4.78, 5) is 38.2. The van der Waals surface area contributed by atoms with Crippen LogP contribution in [0, 0.1) is 0 Å². The lowest BCUT2D eigenvalue weighted by Crippen LogP contribution is -2.29. The lowest BCUT2D eigenvalue weighted by Gasteiger charge is -2.23. The van der Waals surface area contributed by atoms with Crippen LogP contribution in [0.5, 0.6) is 11.5 Å². The Morgan fingerprint density at radius 3 is 2.19 bits per heavy atom. The van der Waals surface area contributed by atoms with Crippen LogP contribution >= 0.6 is 0 Å². The van der Waals surface area contributed by atoms with Crippen molar-refractivity contribution in [3.05, 3.63) is 46.6 Å². The molecule has 0 spiro atoms. The molecule has 6 nitrogen and oxygen atoms in total. The van der Waals surface area contributed by atoms with Crippen molar-refractivity contribution in [1.82, 2.24) is 0 Å². The lowest BCUT2D eigenvalue weighted by molar-refractivity contribution is -0.147. The van der Waals surface area contributed by atoms with E-state index in [4.69, 9.17) is 4.74 Å². The van der Waals surface area contributed by atoms with Gasteiger partial charge in [-0.2, -0.15) is 0 Å². The first-order valence-electron chi connectivity index (χ1n) is 11.4. The molecular formula is C26H34O6. The van der Waals surface area contributed by atoms with Gasteiger partial charge in [-0.3, -0.25) is 14.4 Å². The molecule has 0 aliphatic heterocycles. The summed E-state index contributed by atoms with van der Waals surface area (Å²) in [5.41, 5.74) is 0.509. The number of hydrogen-bond donors (Lipinski definition) is 2. The number of Topliss-reactive ketones (excluding diaryl/α,β-unsaturated/α-hetero) is 1. The van der Waals surface area contributed by atoms with Crippen molar-refractivity contribution in [2.24, 2.45) is 0 Å². The van der Waals surface area contributed by atoms with Crippen molar-refractivity contribution in [3.63, 3.8) is 0 Å². The first-order valence-corrected chi connectivity index (χ1v) is 11.4. The van der Waals surface area contributed by atoms with E-state index in [1.807, 2.05) is 19.9 Å². The molecule has 0 saturated carbocycles. The van der Waals surface area contributed by atoms with E-state index in [9.17, 15) is 24.6 Å². The molecule has 0 aromatic heterocycles. The van der Waals surface area contributed by atoms with Gasteiger partial charge in [0, 0.05) is 18.4 Å². The number of ether oxygens (including phenoxy) is 1. The minimum Gasteiger partial charge on any atom is -0.507 e. The highest BCUT2D eigenvalue weighted by Crippen LogP contribution is 2.36. The Labute approximate surface area is 190 Å². The molecule has 0 radical (unpaired) electrons. The van der Waals surface area contributed by atoms with Crippen molar-refractivity contribution in [1.29, 1.82) is 0 Å². The molecule has 0 bridgehead atoms. The van der Waals surface area contributed by atoms with Crippen LogP contribution in [-0.2, 0) is 9.53 Å². The van der Waals surface area contributed by atoms with E-state index < -0.39 is 29.4 Å². The van der Waals surface area contributed by atoms with Gasteiger partial charge in [0.25, 0.3) is 0 Å². The minimum atomic E-state index is -0.937. The molecule has 1 aliphatic carbocycles. The Bertz CT molecular complexity index is 905. The van der Waals surface area contributed by atoms with Gasteiger partial charge in [-0.05, 0) is 38.5 Å². The number of hydrogen-bond acceptors (Lipinski definition) is 6. The van der Waals surface area contributed by atoms with Crippen LogP contribution in [0.15, 0.2) is 35.4 Å². The minimum absolute atomic E-state index is 0.00816. The molecule has 0 amide bonds. The summed E-state index contributed by atoms with van der Waals surface area (Å²) in [7, 11) is 0. The zero-order valence-corrected chi connectivity index (χ0v) is 19.3. The van der Waals surface area contributed by atoms with Crippen LogP contribution in [0.25, 0.3) is 0 Å². The Morgan fingerprint density at radius 1 is 0.969 bits per heavy atom. The van der Waals surface area contributed by atoms with Crippen LogP contribution in [0.2, 0.25) is 0 Å². The second-order valence-corrected chi connectivity index (χ2v) is 8.51. The van der Waals surface area contributed by atoms with Crippen LogP contribution in [0.3, 0.4) is 0 Å². The summed E-state index contributed by atoms with van der Waals surface area (Å²) in [5.74, 6) is -2.41. The molecule has 1 aromatic carbocycles. The number of carbonyl (C=O) groups excluding carboxylic acids is 3. The van der Waals surface area contributed by atoms with Crippen LogP contribution in [-0.4, -0.2) is 33.9 Å². The fraction of sp³-hybridized carbons (Fsp3) is 0.500. The Balaban J connectivity index is 2.11. The van der Waals surface area contributed by atoms with Crippen molar-refractivity contribution >= 4 is 17.5 Å². The van der Waals surface area contributed by atoms with E-state index in [1.165, 1.54) is 31.4 Å². The Hall–Kier alpha value is -2.89. The third-order valence-electron chi connectivity index (χ3n) is 5.53. The number of carbonyl (C=O) groups is 3. The molecule has 0 heterocycles. The van der Waals surface area contributed by atoms with Crippen molar-refractivity contribution in [3.8, 4) is 11.5 Å². The zero-order chi connectivity index (χ0) is 23.7. The highest BCUT2D eigenvalue weighted by atomic mass is 16.5. The number of esters is 1. The molecule has 0 fully saturated rings. The molecule has 2 N–H and O–H groups in total. The summed E-state index contributed by atoms with van der Waals surface area (Å²) in [6, 6.07) is 2.33. The molecule has 32 heavy (non-hydrogen) atoms. The van der Waals surface area contributed by atoms with Gasteiger partial charge in [0.2, 0.25) is 0 Å². The summed E-state index contributed by atoms with van der Waals surface area (Å²) < 4.78 is 5.62. The van der Waals surface area contributed by atoms with Gasteiger partial charge in [0.15, 0.2) is 11.6 Å². The van der Waals surface area contributed by atoms with E-state index in [-0.39, 0.29) is 35.3 Å². The van der Waals surface area contributed by atoms with Gasteiger partial charge < -0.3 is 14.9 Å². The molecule has 174 valence electrons. The highest BCUT2D eigenvalue weighted by molar-refractivity contribution is 6.27. The molecule has 1 atom stereocenters. The number of unbranched alkanes of at least 4 members (excludes halogenated alkanes) is 6. The van der Waals surface area contributed by atoms with Crippen molar-refractivity contribution in [2.75, 3.05) is 0 Å². The molecule has 0 unspecified atom stereocenters. The summed E-state index contributed by atoms with van der Waals surface area (Å²) >= 11 is 0. The summed E-state index contributed by atoms with van der Waals surface area (Å²) in [5, 5.41) is 20.2. The van der Waals surface area contributed by atoms with Gasteiger partial charge in [-0.25, -0.2) is 0 Å². The second-order valence-electron chi connectivity index (χ2n) is 8.51. The fourth-order valence-electron chi connectivity index (χ4n) is 3.75. The van der Waals surface area contributed by atoms with Gasteiger partial charge >= 0.3 is 5.97 Å². The third kappa shape index (κ3) is 6.81. The number of ketones is 2. The first kappa shape index (κ1) is 25.4. The first-order chi connectivity index (χ1) is 15.3. The van der Waals surface area contributed by atoms with Crippen LogP contribution in [0.1, 0.15) is 99.3 Å². The van der Waals surface area contributed by atoms with Crippen LogP contribution < -0.4 is 0 Å². The van der Waals surface area contributed by atoms with Gasteiger partial charge in [-0.15, -0.1) is 0 Å². The average molecular weight is 443 g/mol. The molecule has 2 rings (SSSR count). The predicted octanol–water partition coefficient (Wildman–Crippen LogP) is 5.81. The molecule has 1 aromatic rings. The quantitative estimate of drug-likeness (QED) is 0.183. The normalized spacial score (nSPS) is 13.9. The van der Waals surface area contributed by atoms with Gasteiger partial charge in [0.1, 0.15) is 17.6 Å². The lowest BCUT2D eigenvalue weighted by atomic mass is 9.85. The standard InChI is InChI=1S/C26H34O6/c1-4-5-6-7-8-9-10-11-23(30)32-22(15-12-17(2)3)18-16-21(29)24-19(27)13-14-20(28)25(24)26(18)31/h12-14,16,22,27-28H,4-11,15H2,1-3H3/t22-/m1/s1. The van der Waals surface area contributed by atoms with Crippen LogP contribution in [0.4, 0.5) is 0 Å². The number of rotatable bonds is 12. The maximum atomic E-state index is 13.1. The third-order valence-corrected chi connectivity index (χ3v) is 5.53. The number of allylic oxidation sites excluding steroid dienone is 2. The smallest absolute Gasteiger partial charge is 0.306 e. The fourth-order valence-corrected chi connectivity index (χ4v) is 3.75. The summed E-state index contributed by atoms with van der Waals surface area (Å²) in [6.07, 6.45) is 10.0. The molecular weight excluding hydrogens is 408 g/mol. The van der Waals surface area contributed by atoms with E-state index in [0.717, 1.165) is 30.9 Å². The number of aromatic hydroxyl groups is 2. The number of fused-ring (bicyclic) bond motifs is 1. The van der Waals surface area contributed by atoms with Crippen molar-refractivity contribution in [2.45, 2.75) is 84.7 Å². The molecule has 6 heteroatoms. The van der Waals surface area contributed by atoms with Crippen molar-refractivity contribution < 1.29 is 29.3 Å². The number of phenolic OH excluding ortho intramolecular Hbond substituents is 2. The number of phenols is 2. The van der Waals surface area contributed by atoms with Gasteiger partial charge in [0.05, 0.1) is 11.1 Å². The number of benzene rings is 1. The largest absolute Gasteiger partial charge is 0.507 e. The summed E-state index contributed by atoms with van der Waals surface area (Å²) in [6.45, 7) is 5.95. The van der Waals surface area contributed by atoms with E-state index in [2.05, 4.69) is 6.92 Å². The molecule has 1 aliphatic rings. The van der Waals surface area contributed by atoms with E-state index >= 15 is 0 Å². The predicted molar refractivity (Wildman–Crippen MR) is 123 cm³/mol. The van der Waals surface area contributed by atoms with E-state index in [0.29, 0.717) is 6.42 Å². The maximum Gasteiger partial charge on any atom is 0.306 e. The van der Waals surface area contributed by atoms with E-state index in [1.54, 1.807) is 0 Å². The average Bonchev–Trinajstić information content (AvgIpc) is 2.74. The molecule has 0 saturated heterocycles. The maximum absolute atomic E-state index is 13.1. The SMILES string of the molecule is CCCCCCCCCC(=O)O[C@H](CC=C(C)C)C1=CC(=O)c2c(O)ccc(O)c2C1=O. The Morgan fingerprint density at radius 2 is 1.56 bits per heavy atom. The monoisotopic (exact) mass is 442 g/mol. The second kappa shape index (κ2) is 12.2. The van der Waals surface area contributed by atoms with Gasteiger partial charge in [-0.1, -0.05) is 57.1 Å². The Kier molecular flexibility index (Phi) is 9.69.